The molecule has 3 N–H and O–H groups in total. The second-order valence-electron chi connectivity index (χ2n) is 17.6. The van der Waals surface area contributed by atoms with E-state index in [0.29, 0.717) is 52.5 Å². The molecule has 5 aromatic rings. The highest BCUT2D eigenvalue weighted by Gasteiger charge is 2.45. The van der Waals surface area contributed by atoms with Crippen molar-refractivity contribution in [3.05, 3.63) is 102 Å². The first-order valence-electron chi connectivity index (χ1n) is 23.4. The Morgan fingerprint density at radius 1 is 0.821 bits per heavy atom. The third-order valence-corrected chi connectivity index (χ3v) is 14.2. The molecule has 0 saturated carbocycles. The molecule has 2 aromatic heterocycles. The molecule has 17 heteroatoms. The molecule has 0 bridgehead atoms. The van der Waals surface area contributed by atoms with Crippen molar-refractivity contribution in [1.29, 1.82) is 0 Å². The number of imide groups is 2. The van der Waals surface area contributed by atoms with Gasteiger partial charge in [0.1, 0.15) is 35.4 Å². The number of nitrogen functional groups attached to an aromatic ring is 1. The van der Waals surface area contributed by atoms with E-state index in [0.717, 1.165) is 111 Å². The number of likely N-dealkylation sites (tertiary alicyclic amines) is 1. The number of carbonyl (C=O) groups is 5. The maximum Gasteiger partial charge on any atom is 0.263 e. The highest BCUT2D eigenvalue weighted by molar-refractivity contribution is 7.99. The van der Waals surface area contributed by atoms with Gasteiger partial charge in [-0.3, -0.25) is 39.1 Å². The summed E-state index contributed by atoms with van der Waals surface area (Å²) in [5, 5.41) is 8.00. The van der Waals surface area contributed by atoms with Crippen molar-refractivity contribution in [2.45, 2.75) is 74.8 Å². The molecule has 9 rings (SSSR count). The van der Waals surface area contributed by atoms with E-state index in [1.165, 1.54) is 6.33 Å². The number of piperazine rings is 1. The fraction of sp³-hybridized carbons (Fsp3) is 0.400. The number of thioether (sulfide) groups is 1. The lowest BCUT2D eigenvalue weighted by Crippen LogP contribution is -2.54. The van der Waals surface area contributed by atoms with Gasteiger partial charge in [-0.05, 0) is 92.9 Å². The zero-order chi connectivity index (χ0) is 46.3. The highest BCUT2D eigenvalue weighted by Crippen LogP contribution is 2.37. The van der Waals surface area contributed by atoms with E-state index in [4.69, 9.17) is 15.6 Å². The van der Waals surface area contributed by atoms with E-state index >= 15 is 0 Å². The number of anilines is 1. The van der Waals surface area contributed by atoms with Gasteiger partial charge in [-0.2, -0.15) is 5.10 Å². The van der Waals surface area contributed by atoms with Crippen LogP contribution in [0.25, 0.3) is 22.3 Å². The van der Waals surface area contributed by atoms with Gasteiger partial charge in [0.2, 0.25) is 17.7 Å². The standard InChI is InChI=1S/C50H56N10O6S/c51-46-44-45(34-18-20-37(21-19-34)66-36-13-5-4-6-14-36)55-60(47(44)53-33-52-46)35-12-10-26-58(32-35)42(62)17-11-25-57-29-27-56(28-30-57)24-7-2-1-3-8-31-67-40-16-9-15-38-43(40)50(65)59(49(38)64)39-22-23-41(61)54-48(39)63/h4-6,9,11,13-21,33,35,39H,1-3,7-8,10,12,22-32H2,(H2,51,52,53)(H,54,61,63)/b17-11+/t35-,39?/m1/s1. The number of nitrogens with one attached hydrogen (secondary N) is 1. The average Bonchev–Trinajstić information content (AvgIpc) is 3.86. The third-order valence-electron chi connectivity index (χ3n) is 13.1. The van der Waals surface area contributed by atoms with Gasteiger partial charge in [-0.15, -0.1) is 11.8 Å². The number of nitrogens with zero attached hydrogens (tertiary/aromatic N) is 8. The molecule has 2 atom stereocenters. The van der Waals surface area contributed by atoms with Crippen LogP contribution < -0.4 is 15.8 Å². The van der Waals surface area contributed by atoms with E-state index in [2.05, 4.69) is 25.1 Å². The number of hydrogen-bond acceptors (Lipinski definition) is 13. The van der Waals surface area contributed by atoms with E-state index in [9.17, 15) is 24.0 Å². The van der Waals surface area contributed by atoms with E-state index in [-0.39, 0.29) is 30.7 Å². The third kappa shape index (κ3) is 10.4. The minimum atomic E-state index is -0.962. The number of piperidine rings is 2. The summed E-state index contributed by atoms with van der Waals surface area (Å²) in [6, 6.07) is 21.6. The minimum Gasteiger partial charge on any atom is -0.457 e. The lowest BCUT2D eigenvalue weighted by molar-refractivity contribution is -0.136. The zero-order valence-electron chi connectivity index (χ0n) is 37.6. The van der Waals surface area contributed by atoms with E-state index in [1.54, 1.807) is 30.0 Å². The smallest absolute Gasteiger partial charge is 0.263 e. The number of unbranched alkanes of at least 4 members (excludes halogenated alkanes) is 4. The summed E-state index contributed by atoms with van der Waals surface area (Å²) in [6.45, 7) is 6.98. The van der Waals surface area contributed by atoms with Crippen LogP contribution >= 0.6 is 11.8 Å². The number of hydrogen-bond donors (Lipinski definition) is 2. The first-order chi connectivity index (χ1) is 32.7. The maximum absolute atomic E-state index is 13.5. The van der Waals surface area contributed by atoms with Crippen LogP contribution in [0.3, 0.4) is 0 Å². The Balaban J connectivity index is 0.675. The molecule has 348 valence electrons. The molecule has 67 heavy (non-hydrogen) atoms. The lowest BCUT2D eigenvalue weighted by Gasteiger charge is -2.34. The van der Waals surface area contributed by atoms with Crippen LogP contribution in [-0.4, -0.2) is 133 Å². The SMILES string of the molecule is Nc1ncnc2c1c(-c1ccc(Oc3ccccc3)cc1)nn2[C@@H]1CCCN(C(=O)/C=C/CN2CCN(CCCCCCCSc3cccc4c3C(=O)N(C3CCC(=O)NC3=O)C4=O)CC2)C1. The van der Waals surface area contributed by atoms with Crippen molar-refractivity contribution >= 4 is 58.1 Å². The second kappa shape index (κ2) is 21.0. The predicted octanol–water partition coefficient (Wildman–Crippen LogP) is 6.35. The Morgan fingerprint density at radius 2 is 1.58 bits per heavy atom. The summed E-state index contributed by atoms with van der Waals surface area (Å²) in [5.74, 6) is 0.757. The van der Waals surface area contributed by atoms with Crippen molar-refractivity contribution in [3.8, 4) is 22.8 Å². The van der Waals surface area contributed by atoms with Crippen LogP contribution in [0.1, 0.15) is 84.5 Å². The Bertz CT molecular complexity index is 2650. The van der Waals surface area contributed by atoms with Crippen LogP contribution in [0, 0.1) is 0 Å². The predicted molar refractivity (Wildman–Crippen MR) is 255 cm³/mol. The molecular formula is C50H56N10O6S. The first-order valence-corrected chi connectivity index (χ1v) is 24.4. The molecule has 0 spiro atoms. The number of benzene rings is 3. The number of para-hydroxylation sites is 1. The molecule has 5 amide bonds. The molecule has 4 aliphatic rings. The summed E-state index contributed by atoms with van der Waals surface area (Å²) in [5.41, 5.74) is 9.35. The number of ether oxygens (including phenoxy) is 1. The minimum absolute atomic E-state index is 0.00953. The summed E-state index contributed by atoms with van der Waals surface area (Å²) >= 11 is 1.58. The van der Waals surface area contributed by atoms with Crippen molar-refractivity contribution in [2.24, 2.45) is 0 Å². The van der Waals surface area contributed by atoms with Gasteiger partial charge >= 0.3 is 0 Å². The molecule has 3 saturated heterocycles. The Kier molecular flexibility index (Phi) is 14.4. The Hall–Kier alpha value is -6.43. The van der Waals surface area contributed by atoms with E-state index in [1.807, 2.05) is 76.3 Å². The fourth-order valence-electron chi connectivity index (χ4n) is 9.47. The summed E-state index contributed by atoms with van der Waals surface area (Å²) < 4.78 is 7.92. The lowest BCUT2D eigenvalue weighted by atomic mass is 10.0. The van der Waals surface area contributed by atoms with Crippen molar-refractivity contribution in [1.82, 2.24) is 44.7 Å². The van der Waals surface area contributed by atoms with Crippen LogP contribution in [0.15, 0.2) is 96.2 Å². The second-order valence-corrected chi connectivity index (χ2v) is 18.7. The number of amides is 5. The molecule has 3 fully saturated rings. The maximum atomic E-state index is 13.5. The molecule has 3 aromatic carbocycles. The average molecular weight is 925 g/mol. The first kappa shape index (κ1) is 45.7. The van der Waals surface area contributed by atoms with Crippen molar-refractivity contribution < 1.29 is 28.7 Å². The van der Waals surface area contributed by atoms with Crippen LogP contribution in [-0.2, 0) is 14.4 Å². The molecule has 16 nitrogen and oxygen atoms in total. The number of aromatic nitrogens is 4. The van der Waals surface area contributed by atoms with Gasteiger partial charge < -0.3 is 20.3 Å². The number of fused-ring (bicyclic) bond motifs is 2. The van der Waals surface area contributed by atoms with Gasteiger partial charge in [0.25, 0.3) is 11.8 Å². The number of rotatable bonds is 17. The molecule has 0 radical (unpaired) electrons. The number of carbonyl (C=O) groups excluding carboxylic acids is 5. The molecule has 0 aliphatic carbocycles. The highest BCUT2D eigenvalue weighted by atomic mass is 32.2. The molecule has 1 unspecified atom stereocenters. The van der Waals surface area contributed by atoms with Crippen LogP contribution in [0.5, 0.6) is 11.5 Å². The topological polar surface area (TPSA) is 189 Å². The van der Waals surface area contributed by atoms with Gasteiger partial charge in [-0.25, -0.2) is 14.6 Å². The fourth-order valence-corrected chi connectivity index (χ4v) is 10.6. The van der Waals surface area contributed by atoms with Crippen LogP contribution in [0.2, 0.25) is 0 Å². The molecule has 4 aliphatic heterocycles. The van der Waals surface area contributed by atoms with Gasteiger partial charge in [0.15, 0.2) is 5.65 Å². The summed E-state index contributed by atoms with van der Waals surface area (Å²) in [7, 11) is 0. The monoisotopic (exact) mass is 924 g/mol. The quantitative estimate of drug-likeness (QED) is 0.0455. The van der Waals surface area contributed by atoms with Crippen LogP contribution in [0.4, 0.5) is 5.82 Å². The zero-order valence-corrected chi connectivity index (χ0v) is 38.4. The normalized spacial score (nSPS) is 19.4. The Morgan fingerprint density at radius 3 is 2.39 bits per heavy atom. The Labute approximate surface area is 393 Å². The van der Waals surface area contributed by atoms with Crippen molar-refractivity contribution in [3.63, 3.8) is 0 Å². The van der Waals surface area contributed by atoms with Gasteiger partial charge in [0, 0.05) is 68.8 Å². The van der Waals surface area contributed by atoms with Crippen molar-refractivity contribution in [2.75, 3.05) is 63.8 Å². The molecule has 6 heterocycles. The largest absolute Gasteiger partial charge is 0.457 e. The summed E-state index contributed by atoms with van der Waals surface area (Å²) in [4.78, 5) is 81.6. The molecular weight excluding hydrogens is 869 g/mol. The summed E-state index contributed by atoms with van der Waals surface area (Å²) in [6.07, 6.45) is 12.7. The van der Waals surface area contributed by atoms with Gasteiger partial charge in [-0.1, -0.05) is 49.6 Å². The number of nitrogens with two attached hydrogens (primary N) is 1. The van der Waals surface area contributed by atoms with E-state index < -0.39 is 23.8 Å². The van der Waals surface area contributed by atoms with Gasteiger partial charge in [0.05, 0.1) is 22.6 Å².